The number of hydrazine groups is 1. The van der Waals surface area contributed by atoms with Gasteiger partial charge in [-0.1, -0.05) is 13.8 Å². The smallest absolute Gasteiger partial charge is 0.210 e. The first-order valence-corrected chi connectivity index (χ1v) is 4.94. The van der Waals surface area contributed by atoms with Gasteiger partial charge in [0.25, 0.3) is 0 Å². The lowest BCUT2D eigenvalue weighted by Gasteiger charge is -2.17. The zero-order valence-electron chi connectivity index (χ0n) is 9.37. The molecule has 0 aromatic rings. The van der Waals surface area contributed by atoms with Crippen LogP contribution in [0.5, 0.6) is 0 Å². The number of rotatable bonds is 8. The molecule has 0 fully saturated rings. The van der Waals surface area contributed by atoms with Crippen LogP contribution >= 0.6 is 0 Å². The Morgan fingerprint density at radius 1 is 1.33 bits per heavy atom. The van der Waals surface area contributed by atoms with E-state index >= 15 is 0 Å². The van der Waals surface area contributed by atoms with Crippen LogP contribution in [0.2, 0.25) is 0 Å². The minimum absolute atomic E-state index is 0.00903. The molecule has 5 heteroatoms. The predicted molar refractivity (Wildman–Crippen MR) is 56.1 cm³/mol. The Morgan fingerprint density at radius 3 is 2.33 bits per heavy atom. The normalized spacial score (nSPS) is 12.5. The largest absolute Gasteiger partial charge is 0.298 e. The zero-order valence-corrected chi connectivity index (χ0v) is 9.37. The predicted octanol–water partition coefficient (Wildman–Crippen LogP) is -0.148. The molecule has 0 amide bonds. The van der Waals surface area contributed by atoms with Crippen molar-refractivity contribution in [1.29, 1.82) is 0 Å². The van der Waals surface area contributed by atoms with E-state index in [4.69, 9.17) is 0 Å². The van der Waals surface area contributed by atoms with Crippen molar-refractivity contribution in [2.75, 3.05) is 6.54 Å². The third-order valence-electron chi connectivity index (χ3n) is 1.87. The van der Waals surface area contributed by atoms with E-state index in [1.807, 2.05) is 13.8 Å². The number of carbonyl (C=O) groups is 3. The summed E-state index contributed by atoms with van der Waals surface area (Å²) in [6, 6.07) is -0.315. The van der Waals surface area contributed by atoms with Crippen molar-refractivity contribution in [1.82, 2.24) is 10.9 Å². The molecule has 0 aromatic heterocycles. The van der Waals surface area contributed by atoms with Gasteiger partial charge in [0.2, 0.25) is 5.78 Å². The molecule has 0 unspecified atom stereocenters. The van der Waals surface area contributed by atoms with Crippen LogP contribution in [-0.2, 0) is 14.4 Å². The molecule has 1 atom stereocenters. The summed E-state index contributed by atoms with van der Waals surface area (Å²) in [5, 5.41) is 0. The molecule has 0 saturated heterocycles. The minimum Gasteiger partial charge on any atom is -0.298 e. The zero-order chi connectivity index (χ0) is 11.8. The molecule has 2 N–H and O–H groups in total. The summed E-state index contributed by atoms with van der Waals surface area (Å²) >= 11 is 0. The van der Waals surface area contributed by atoms with Crippen molar-refractivity contribution in [3.05, 3.63) is 0 Å². The van der Waals surface area contributed by atoms with E-state index < -0.39 is 5.78 Å². The SMILES string of the molecule is CC(=O)[C@H](CC(C)C)NNCC(=O)C=O. The molecule has 0 aliphatic heterocycles. The van der Waals surface area contributed by atoms with Crippen LogP contribution in [0.15, 0.2) is 0 Å². The molecule has 0 radical (unpaired) electrons. The van der Waals surface area contributed by atoms with E-state index in [0.29, 0.717) is 12.3 Å². The summed E-state index contributed by atoms with van der Waals surface area (Å²) in [4.78, 5) is 31.8. The van der Waals surface area contributed by atoms with Gasteiger partial charge in [-0.2, -0.15) is 0 Å². The average Bonchev–Trinajstić information content (AvgIpc) is 2.15. The van der Waals surface area contributed by atoms with Gasteiger partial charge in [0.1, 0.15) is 5.78 Å². The van der Waals surface area contributed by atoms with E-state index in [-0.39, 0.29) is 24.7 Å². The number of nitrogens with one attached hydrogen (secondary N) is 2. The van der Waals surface area contributed by atoms with Gasteiger partial charge in [0, 0.05) is 0 Å². The van der Waals surface area contributed by atoms with Crippen LogP contribution in [-0.4, -0.2) is 30.4 Å². The van der Waals surface area contributed by atoms with E-state index in [2.05, 4.69) is 10.9 Å². The lowest BCUT2D eigenvalue weighted by Crippen LogP contribution is -2.47. The molecule has 15 heavy (non-hydrogen) atoms. The van der Waals surface area contributed by atoms with Gasteiger partial charge in [-0.25, -0.2) is 10.9 Å². The quantitative estimate of drug-likeness (QED) is 0.334. The molecule has 0 spiro atoms. The highest BCUT2D eigenvalue weighted by Gasteiger charge is 2.15. The molecule has 0 aliphatic carbocycles. The Hall–Kier alpha value is -1.07. The average molecular weight is 214 g/mol. The maximum Gasteiger partial charge on any atom is 0.210 e. The molecular weight excluding hydrogens is 196 g/mol. The maximum absolute atomic E-state index is 11.2. The van der Waals surface area contributed by atoms with Crippen molar-refractivity contribution in [3.63, 3.8) is 0 Å². The van der Waals surface area contributed by atoms with E-state index in [9.17, 15) is 14.4 Å². The highest BCUT2D eigenvalue weighted by atomic mass is 16.2. The Bertz CT molecular complexity index is 239. The second kappa shape index (κ2) is 7.25. The highest BCUT2D eigenvalue weighted by molar-refractivity contribution is 6.25. The summed E-state index contributed by atoms with van der Waals surface area (Å²) in [5.41, 5.74) is 5.31. The van der Waals surface area contributed by atoms with Gasteiger partial charge >= 0.3 is 0 Å². The topological polar surface area (TPSA) is 75.3 Å². The standard InChI is InChI=1S/C10H18N2O3/c1-7(2)4-10(8(3)14)12-11-5-9(15)6-13/h6-7,10-12H,4-5H2,1-3H3/t10-/m0/s1. The number of Topliss-reactive ketones (excluding diaryl/α,β-unsaturated/α-hetero) is 2. The van der Waals surface area contributed by atoms with Gasteiger partial charge in [-0.3, -0.25) is 14.4 Å². The van der Waals surface area contributed by atoms with Crippen molar-refractivity contribution in [3.8, 4) is 0 Å². The molecular formula is C10H18N2O3. The summed E-state index contributed by atoms with van der Waals surface area (Å²) in [6.07, 6.45) is 0.942. The van der Waals surface area contributed by atoms with Crippen molar-refractivity contribution in [2.24, 2.45) is 5.92 Å². The third-order valence-corrected chi connectivity index (χ3v) is 1.87. The fraction of sp³-hybridized carbons (Fsp3) is 0.700. The Labute approximate surface area is 89.6 Å². The van der Waals surface area contributed by atoms with Gasteiger partial charge in [0.15, 0.2) is 6.29 Å². The fourth-order valence-electron chi connectivity index (χ4n) is 1.10. The van der Waals surface area contributed by atoms with Gasteiger partial charge < -0.3 is 0 Å². The van der Waals surface area contributed by atoms with Gasteiger partial charge in [0.05, 0.1) is 12.6 Å². The van der Waals surface area contributed by atoms with Crippen LogP contribution in [0.25, 0.3) is 0 Å². The summed E-state index contributed by atoms with van der Waals surface area (Å²) in [7, 11) is 0. The molecule has 0 aromatic carbocycles. The molecule has 0 bridgehead atoms. The lowest BCUT2D eigenvalue weighted by atomic mass is 10.0. The number of ketones is 2. The summed E-state index contributed by atoms with van der Waals surface area (Å²) in [5.74, 6) is -0.154. The molecule has 0 heterocycles. The number of carbonyl (C=O) groups excluding carboxylic acids is 3. The van der Waals surface area contributed by atoms with E-state index in [0.717, 1.165) is 0 Å². The Balaban J connectivity index is 3.91. The van der Waals surface area contributed by atoms with E-state index in [1.165, 1.54) is 6.92 Å². The first-order valence-electron chi connectivity index (χ1n) is 4.94. The number of hydrogen-bond donors (Lipinski definition) is 2. The van der Waals surface area contributed by atoms with Crippen LogP contribution in [0.1, 0.15) is 27.2 Å². The number of hydrogen-bond acceptors (Lipinski definition) is 5. The van der Waals surface area contributed by atoms with Crippen molar-refractivity contribution >= 4 is 17.9 Å². The third kappa shape index (κ3) is 6.93. The van der Waals surface area contributed by atoms with Gasteiger partial charge in [-0.15, -0.1) is 0 Å². The molecule has 0 saturated carbocycles. The van der Waals surface area contributed by atoms with Crippen molar-refractivity contribution < 1.29 is 14.4 Å². The number of aldehydes is 1. The Morgan fingerprint density at radius 2 is 1.93 bits per heavy atom. The Kier molecular flexibility index (Phi) is 6.73. The molecule has 5 nitrogen and oxygen atoms in total. The second-order valence-corrected chi connectivity index (χ2v) is 3.87. The molecule has 0 aliphatic rings. The van der Waals surface area contributed by atoms with Crippen LogP contribution in [0.3, 0.4) is 0 Å². The lowest BCUT2D eigenvalue weighted by molar-refractivity contribution is -0.129. The fourth-order valence-corrected chi connectivity index (χ4v) is 1.10. The molecule has 0 rings (SSSR count). The monoisotopic (exact) mass is 214 g/mol. The summed E-state index contributed by atoms with van der Waals surface area (Å²) < 4.78 is 0. The van der Waals surface area contributed by atoms with Gasteiger partial charge in [-0.05, 0) is 19.3 Å². The maximum atomic E-state index is 11.2. The minimum atomic E-state index is -0.547. The second-order valence-electron chi connectivity index (χ2n) is 3.87. The first-order chi connectivity index (χ1) is 6.97. The highest BCUT2D eigenvalue weighted by Crippen LogP contribution is 2.04. The van der Waals surface area contributed by atoms with Crippen LogP contribution in [0, 0.1) is 5.92 Å². The van der Waals surface area contributed by atoms with E-state index in [1.54, 1.807) is 0 Å². The van der Waals surface area contributed by atoms with Crippen LogP contribution in [0.4, 0.5) is 0 Å². The molecule has 86 valence electrons. The first kappa shape index (κ1) is 13.9. The van der Waals surface area contributed by atoms with Crippen molar-refractivity contribution in [2.45, 2.75) is 33.2 Å². The summed E-state index contributed by atoms with van der Waals surface area (Å²) in [6.45, 7) is 5.41. The van der Waals surface area contributed by atoms with Crippen LogP contribution < -0.4 is 10.9 Å².